The highest BCUT2D eigenvalue weighted by molar-refractivity contribution is 7.90. The standard InChI is InChI=1S/C18H27N3O5S/c1-18(2,3)27(25,26)21-10-8-15(9-11-21)20-17(24)19-12-13-4-6-14(7-5-13)16(22)23/h4-7,15H,8-12H2,1-3H3,(H,22,23)(H2,19,20,24). The molecule has 0 atom stereocenters. The van der Waals surface area contributed by atoms with Gasteiger partial charge in [-0.1, -0.05) is 12.1 Å². The van der Waals surface area contributed by atoms with Crippen molar-refractivity contribution in [3.63, 3.8) is 0 Å². The average molecular weight is 397 g/mol. The van der Waals surface area contributed by atoms with Crippen molar-refractivity contribution in [2.24, 2.45) is 0 Å². The molecule has 1 aliphatic heterocycles. The molecule has 2 rings (SSSR count). The zero-order valence-electron chi connectivity index (χ0n) is 15.9. The number of carbonyl (C=O) groups is 2. The fraction of sp³-hybridized carbons (Fsp3) is 0.556. The van der Waals surface area contributed by atoms with Gasteiger partial charge in [0, 0.05) is 25.7 Å². The number of carboxylic acid groups (broad SMARTS) is 1. The van der Waals surface area contributed by atoms with Crippen LogP contribution in [0.15, 0.2) is 24.3 Å². The van der Waals surface area contributed by atoms with Gasteiger partial charge in [0.1, 0.15) is 0 Å². The summed E-state index contributed by atoms with van der Waals surface area (Å²) in [5, 5.41) is 14.5. The lowest BCUT2D eigenvalue weighted by Crippen LogP contribution is -2.51. The number of sulfonamides is 1. The third-order valence-electron chi connectivity index (χ3n) is 4.56. The highest BCUT2D eigenvalue weighted by atomic mass is 32.2. The normalized spacial score (nSPS) is 16.7. The molecule has 0 saturated carbocycles. The van der Waals surface area contributed by atoms with E-state index in [2.05, 4.69) is 10.6 Å². The molecule has 9 heteroatoms. The number of rotatable bonds is 5. The number of amides is 2. The summed E-state index contributed by atoms with van der Waals surface area (Å²) in [6.07, 6.45) is 1.13. The quantitative estimate of drug-likeness (QED) is 0.700. The van der Waals surface area contributed by atoms with Crippen LogP contribution < -0.4 is 10.6 Å². The van der Waals surface area contributed by atoms with Gasteiger partial charge in [-0.15, -0.1) is 0 Å². The van der Waals surface area contributed by atoms with Crippen LogP contribution in [-0.2, 0) is 16.6 Å². The number of benzene rings is 1. The number of hydrogen-bond acceptors (Lipinski definition) is 4. The molecule has 0 radical (unpaired) electrons. The Morgan fingerprint density at radius 1 is 1.15 bits per heavy atom. The van der Waals surface area contributed by atoms with Gasteiger partial charge in [-0.05, 0) is 51.3 Å². The van der Waals surface area contributed by atoms with Crippen LogP contribution in [-0.4, -0.2) is 53.7 Å². The zero-order chi connectivity index (χ0) is 20.2. The van der Waals surface area contributed by atoms with E-state index in [9.17, 15) is 18.0 Å². The molecular formula is C18H27N3O5S. The van der Waals surface area contributed by atoms with E-state index in [1.54, 1.807) is 32.9 Å². The van der Waals surface area contributed by atoms with Gasteiger partial charge in [-0.2, -0.15) is 0 Å². The Morgan fingerprint density at radius 2 is 1.70 bits per heavy atom. The zero-order valence-corrected chi connectivity index (χ0v) is 16.7. The summed E-state index contributed by atoms with van der Waals surface area (Å²) in [7, 11) is -3.34. The number of aromatic carboxylic acids is 1. The van der Waals surface area contributed by atoms with Gasteiger partial charge in [0.15, 0.2) is 0 Å². The Balaban J connectivity index is 1.78. The van der Waals surface area contributed by atoms with Crippen molar-refractivity contribution in [1.82, 2.24) is 14.9 Å². The summed E-state index contributed by atoms with van der Waals surface area (Å²) in [5.74, 6) is -0.993. The lowest BCUT2D eigenvalue weighted by Gasteiger charge is -2.35. The number of urea groups is 1. The van der Waals surface area contributed by atoms with Gasteiger partial charge in [0.2, 0.25) is 10.0 Å². The predicted octanol–water partition coefficient (Wildman–Crippen LogP) is 1.78. The number of hydrogen-bond donors (Lipinski definition) is 3. The molecule has 1 aromatic carbocycles. The molecule has 8 nitrogen and oxygen atoms in total. The highest BCUT2D eigenvalue weighted by Gasteiger charge is 2.37. The molecule has 0 spiro atoms. The monoisotopic (exact) mass is 397 g/mol. The largest absolute Gasteiger partial charge is 0.478 e. The number of carboxylic acids is 1. The first kappa shape index (κ1) is 21.2. The minimum atomic E-state index is -3.34. The Bertz CT molecular complexity index is 776. The highest BCUT2D eigenvalue weighted by Crippen LogP contribution is 2.23. The first-order valence-electron chi connectivity index (χ1n) is 8.87. The maximum Gasteiger partial charge on any atom is 0.335 e. The number of carbonyl (C=O) groups excluding carboxylic acids is 1. The molecule has 27 heavy (non-hydrogen) atoms. The Morgan fingerprint density at radius 3 is 2.19 bits per heavy atom. The maximum atomic E-state index is 12.5. The Hall–Kier alpha value is -2.13. The van der Waals surface area contributed by atoms with E-state index in [1.807, 2.05) is 0 Å². The van der Waals surface area contributed by atoms with E-state index < -0.39 is 20.7 Å². The van der Waals surface area contributed by atoms with Crippen molar-refractivity contribution < 1.29 is 23.1 Å². The Kier molecular flexibility index (Phi) is 6.48. The molecule has 2 amide bonds. The first-order chi connectivity index (χ1) is 12.5. The predicted molar refractivity (Wildman–Crippen MR) is 102 cm³/mol. The van der Waals surface area contributed by atoms with Crippen LogP contribution in [0, 0.1) is 0 Å². The SMILES string of the molecule is CC(C)(C)S(=O)(=O)N1CCC(NC(=O)NCc2ccc(C(=O)O)cc2)CC1. The fourth-order valence-corrected chi connectivity index (χ4v) is 4.28. The van der Waals surface area contributed by atoms with Crippen molar-refractivity contribution in [2.75, 3.05) is 13.1 Å². The molecule has 3 N–H and O–H groups in total. The van der Waals surface area contributed by atoms with Gasteiger partial charge in [-0.25, -0.2) is 22.3 Å². The van der Waals surface area contributed by atoms with E-state index >= 15 is 0 Å². The summed E-state index contributed by atoms with van der Waals surface area (Å²) in [6, 6.07) is 5.88. The third-order valence-corrected chi connectivity index (χ3v) is 7.15. The van der Waals surface area contributed by atoms with Crippen molar-refractivity contribution >= 4 is 22.0 Å². The molecule has 0 bridgehead atoms. The molecule has 0 aliphatic carbocycles. The first-order valence-corrected chi connectivity index (χ1v) is 10.3. The van der Waals surface area contributed by atoms with Crippen LogP contribution in [0.3, 0.4) is 0 Å². The lowest BCUT2D eigenvalue weighted by atomic mass is 10.1. The van der Waals surface area contributed by atoms with Gasteiger partial charge >= 0.3 is 12.0 Å². The van der Waals surface area contributed by atoms with E-state index in [4.69, 9.17) is 5.11 Å². The van der Waals surface area contributed by atoms with Gasteiger partial charge in [0.05, 0.1) is 10.3 Å². The summed E-state index contributed by atoms with van der Waals surface area (Å²) in [5.41, 5.74) is 0.987. The Labute approximate surface area is 160 Å². The summed E-state index contributed by atoms with van der Waals surface area (Å²) in [6.45, 7) is 6.11. The second-order valence-electron chi connectivity index (χ2n) is 7.62. The minimum absolute atomic E-state index is 0.0780. The second kappa shape index (κ2) is 8.26. The molecule has 1 aromatic rings. The number of nitrogens with one attached hydrogen (secondary N) is 2. The summed E-state index contributed by atoms with van der Waals surface area (Å²) < 4.78 is 25.6. The smallest absolute Gasteiger partial charge is 0.335 e. The maximum absolute atomic E-state index is 12.5. The molecule has 0 aromatic heterocycles. The minimum Gasteiger partial charge on any atom is -0.478 e. The van der Waals surface area contributed by atoms with E-state index in [-0.39, 0.29) is 24.2 Å². The summed E-state index contributed by atoms with van der Waals surface area (Å²) >= 11 is 0. The third kappa shape index (κ3) is 5.43. The van der Waals surface area contributed by atoms with Crippen LogP contribution >= 0.6 is 0 Å². The molecule has 1 fully saturated rings. The van der Waals surface area contributed by atoms with Crippen molar-refractivity contribution in [3.05, 3.63) is 35.4 Å². The molecule has 150 valence electrons. The number of piperidine rings is 1. The summed E-state index contributed by atoms with van der Waals surface area (Å²) in [4.78, 5) is 22.9. The van der Waals surface area contributed by atoms with E-state index in [0.29, 0.717) is 25.9 Å². The van der Waals surface area contributed by atoms with Crippen molar-refractivity contribution in [3.8, 4) is 0 Å². The molecule has 1 heterocycles. The molecule has 1 aliphatic rings. The van der Waals surface area contributed by atoms with Crippen LogP contribution in [0.5, 0.6) is 0 Å². The van der Waals surface area contributed by atoms with Gasteiger partial charge in [0.25, 0.3) is 0 Å². The van der Waals surface area contributed by atoms with Crippen LogP contribution in [0.4, 0.5) is 4.79 Å². The van der Waals surface area contributed by atoms with Crippen LogP contribution in [0.1, 0.15) is 49.5 Å². The van der Waals surface area contributed by atoms with Gasteiger partial charge in [-0.3, -0.25) is 0 Å². The van der Waals surface area contributed by atoms with Crippen LogP contribution in [0.25, 0.3) is 0 Å². The van der Waals surface area contributed by atoms with Crippen LogP contribution in [0.2, 0.25) is 0 Å². The lowest BCUT2D eigenvalue weighted by molar-refractivity contribution is 0.0696. The van der Waals surface area contributed by atoms with Gasteiger partial charge < -0.3 is 15.7 Å². The van der Waals surface area contributed by atoms with E-state index in [1.165, 1.54) is 16.4 Å². The second-order valence-corrected chi connectivity index (χ2v) is 10.3. The molecule has 1 saturated heterocycles. The topological polar surface area (TPSA) is 116 Å². The number of nitrogens with zero attached hydrogens (tertiary/aromatic N) is 1. The van der Waals surface area contributed by atoms with Crippen molar-refractivity contribution in [2.45, 2.75) is 50.9 Å². The average Bonchev–Trinajstić information content (AvgIpc) is 2.60. The molecule has 0 unspecified atom stereocenters. The van der Waals surface area contributed by atoms with E-state index in [0.717, 1.165) is 5.56 Å². The fourth-order valence-electron chi connectivity index (χ4n) is 2.81. The van der Waals surface area contributed by atoms with Crippen molar-refractivity contribution in [1.29, 1.82) is 0 Å². The molecular weight excluding hydrogens is 370 g/mol.